The second kappa shape index (κ2) is 5.06. The van der Waals surface area contributed by atoms with E-state index in [0.717, 1.165) is 13.0 Å². The Morgan fingerprint density at radius 3 is 2.94 bits per heavy atom. The summed E-state index contributed by atoms with van der Waals surface area (Å²) in [5.41, 5.74) is 0.0441. The predicted molar refractivity (Wildman–Crippen MR) is 67.3 cm³/mol. The van der Waals surface area contributed by atoms with Crippen molar-refractivity contribution in [2.24, 2.45) is 5.41 Å². The average Bonchev–Trinajstić information content (AvgIpc) is 2.80. The van der Waals surface area contributed by atoms with Gasteiger partial charge in [0.25, 0.3) is 0 Å². The van der Waals surface area contributed by atoms with Gasteiger partial charge in [-0.3, -0.25) is 4.79 Å². The van der Waals surface area contributed by atoms with Crippen molar-refractivity contribution in [3.63, 3.8) is 0 Å². The molecule has 0 spiro atoms. The van der Waals surface area contributed by atoms with Crippen molar-refractivity contribution in [3.8, 4) is 5.75 Å². The first-order valence-corrected chi connectivity index (χ1v) is 6.12. The Hall–Kier alpha value is -1.42. The SMILES string of the molecule is COc1cccc(CC(=O)C2(C)CCNC2)c1F. The van der Waals surface area contributed by atoms with Crippen LogP contribution in [0.1, 0.15) is 18.9 Å². The topological polar surface area (TPSA) is 38.3 Å². The van der Waals surface area contributed by atoms with Gasteiger partial charge in [0.2, 0.25) is 0 Å². The van der Waals surface area contributed by atoms with E-state index in [2.05, 4.69) is 5.32 Å². The second-order valence-electron chi connectivity index (χ2n) is 5.02. The molecule has 1 saturated heterocycles. The van der Waals surface area contributed by atoms with Gasteiger partial charge in [0.1, 0.15) is 5.78 Å². The lowest BCUT2D eigenvalue weighted by atomic mass is 9.82. The highest BCUT2D eigenvalue weighted by molar-refractivity contribution is 5.87. The lowest BCUT2D eigenvalue weighted by Gasteiger charge is -2.21. The molecule has 1 aliphatic rings. The third kappa shape index (κ3) is 2.38. The minimum absolute atomic E-state index is 0.0830. The van der Waals surface area contributed by atoms with Crippen molar-refractivity contribution < 1.29 is 13.9 Å². The summed E-state index contributed by atoms with van der Waals surface area (Å²) in [4.78, 5) is 12.2. The number of carbonyl (C=O) groups excluding carboxylic acids is 1. The average molecular weight is 251 g/mol. The zero-order valence-electron chi connectivity index (χ0n) is 10.8. The van der Waals surface area contributed by atoms with Crippen LogP contribution in [0.5, 0.6) is 5.75 Å². The zero-order valence-corrected chi connectivity index (χ0v) is 10.8. The van der Waals surface area contributed by atoms with E-state index in [-0.39, 0.29) is 23.4 Å². The zero-order chi connectivity index (χ0) is 13.2. The van der Waals surface area contributed by atoms with Crippen LogP contribution in [0.25, 0.3) is 0 Å². The second-order valence-corrected chi connectivity index (χ2v) is 5.02. The number of methoxy groups -OCH3 is 1. The smallest absolute Gasteiger partial charge is 0.168 e. The molecular formula is C14H18FNO2. The van der Waals surface area contributed by atoms with Gasteiger partial charge in [-0.1, -0.05) is 19.1 Å². The summed E-state index contributed by atoms with van der Waals surface area (Å²) in [7, 11) is 1.42. The molecule has 0 bridgehead atoms. The monoisotopic (exact) mass is 251 g/mol. The van der Waals surface area contributed by atoms with Crippen LogP contribution < -0.4 is 10.1 Å². The number of Topliss-reactive ketones (excluding diaryl/α,β-unsaturated/α-hetero) is 1. The van der Waals surface area contributed by atoms with Crippen LogP contribution in [0, 0.1) is 11.2 Å². The third-order valence-electron chi connectivity index (χ3n) is 3.66. The molecule has 0 saturated carbocycles. The normalized spacial score (nSPS) is 23.1. The summed E-state index contributed by atoms with van der Waals surface area (Å²) < 4.78 is 18.9. The number of carbonyl (C=O) groups is 1. The molecule has 1 aromatic carbocycles. The molecule has 2 rings (SSSR count). The molecule has 1 atom stereocenters. The van der Waals surface area contributed by atoms with E-state index in [9.17, 15) is 9.18 Å². The Kier molecular flexibility index (Phi) is 3.66. The number of hydrogen-bond acceptors (Lipinski definition) is 3. The highest BCUT2D eigenvalue weighted by atomic mass is 19.1. The van der Waals surface area contributed by atoms with Gasteiger partial charge in [0.05, 0.1) is 7.11 Å². The summed E-state index contributed by atoms with van der Waals surface area (Å²) >= 11 is 0. The Bertz CT molecular complexity index is 453. The molecule has 98 valence electrons. The molecule has 3 nitrogen and oxygen atoms in total. The fraction of sp³-hybridized carbons (Fsp3) is 0.500. The summed E-state index contributed by atoms with van der Waals surface area (Å²) in [5.74, 6) is -0.155. The van der Waals surface area contributed by atoms with Crippen molar-refractivity contribution in [2.45, 2.75) is 19.8 Å². The standard InChI is InChI=1S/C14H18FNO2/c1-14(6-7-16-9-14)12(17)8-10-4-3-5-11(18-2)13(10)15/h3-5,16H,6-9H2,1-2H3. The van der Waals surface area contributed by atoms with Gasteiger partial charge in [-0.05, 0) is 24.6 Å². The molecule has 0 amide bonds. The molecule has 1 aromatic rings. The third-order valence-corrected chi connectivity index (χ3v) is 3.66. The molecule has 0 aromatic heterocycles. The summed E-state index contributed by atoms with van der Waals surface area (Å²) in [6, 6.07) is 4.91. The number of rotatable bonds is 4. The van der Waals surface area contributed by atoms with Crippen LogP contribution in [0.15, 0.2) is 18.2 Å². The van der Waals surface area contributed by atoms with Gasteiger partial charge >= 0.3 is 0 Å². The minimum Gasteiger partial charge on any atom is -0.494 e. The maximum atomic E-state index is 14.0. The van der Waals surface area contributed by atoms with Crippen LogP contribution in [0.4, 0.5) is 4.39 Å². The maximum Gasteiger partial charge on any atom is 0.168 e. The van der Waals surface area contributed by atoms with Gasteiger partial charge in [-0.2, -0.15) is 0 Å². The number of nitrogens with one attached hydrogen (secondary N) is 1. The quantitative estimate of drug-likeness (QED) is 0.888. The van der Waals surface area contributed by atoms with Crippen molar-refractivity contribution in [1.29, 1.82) is 0 Å². The lowest BCUT2D eigenvalue weighted by molar-refractivity contribution is -0.126. The van der Waals surface area contributed by atoms with Gasteiger partial charge < -0.3 is 10.1 Å². The lowest BCUT2D eigenvalue weighted by Crippen LogP contribution is -2.31. The number of benzene rings is 1. The Balaban J connectivity index is 2.16. The van der Waals surface area contributed by atoms with Crippen molar-refractivity contribution >= 4 is 5.78 Å². The highest BCUT2D eigenvalue weighted by Gasteiger charge is 2.36. The number of hydrogen-bond donors (Lipinski definition) is 1. The number of halogens is 1. The molecular weight excluding hydrogens is 233 g/mol. The summed E-state index contributed by atoms with van der Waals surface area (Å²) in [5, 5.41) is 3.18. The number of ether oxygens (including phenoxy) is 1. The largest absolute Gasteiger partial charge is 0.494 e. The Morgan fingerprint density at radius 2 is 2.33 bits per heavy atom. The first kappa shape index (κ1) is 13.0. The van der Waals surface area contributed by atoms with Crippen LogP contribution >= 0.6 is 0 Å². The van der Waals surface area contributed by atoms with Crippen LogP contribution in [0.3, 0.4) is 0 Å². The maximum absolute atomic E-state index is 14.0. The molecule has 0 aliphatic carbocycles. The van der Waals surface area contributed by atoms with Gasteiger partial charge in [0.15, 0.2) is 11.6 Å². The van der Waals surface area contributed by atoms with E-state index in [1.165, 1.54) is 7.11 Å². The van der Waals surface area contributed by atoms with E-state index >= 15 is 0 Å². The fourth-order valence-electron chi connectivity index (χ4n) is 2.29. The van der Waals surface area contributed by atoms with E-state index in [4.69, 9.17) is 4.74 Å². The van der Waals surface area contributed by atoms with Crippen LogP contribution in [-0.4, -0.2) is 26.0 Å². The molecule has 1 aliphatic heterocycles. The van der Waals surface area contributed by atoms with Gasteiger partial charge in [0, 0.05) is 18.4 Å². The fourth-order valence-corrected chi connectivity index (χ4v) is 2.29. The predicted octanol–water partition coefficient (Wildman–Crippen LogP) is 1.95. The highest BCUT2D eigenvalue weighted by Crippen LogP contribution is 2.29. The summed E-state index contributed by atoms with van der Waals surface area (Å²) in [6.07, 6.45) is 0.943. The first-order chi connectivity index (χ1) is 8.57. The van der Waals surface area contributed by atoms with Crippen molar-refractivity contribution in [1.82, 2.24) is 5.32 Å². The van der Waals surface area contributed by atoms with Crippen LogP contribution in [0.2, 0.25) is 0 Å². The number of ketones is 1. The summed E-state index contributed by atoms with van der Waals surface area (Å²) in [6.45, 7) is 3.47. The first-order valence-electron chi connectivity index (χ1n) is 6.12. The molecule has 0 radical (unpaired) electrons. The van der Waals surface area contributed by atoms with Crippen molar-refractivity contribution in [2.75, 3.05) is 20.2 Å². The Morgan fingerprint density at radius 1 is 1.56 bits per heavy atom. The molecule has 4 heteroatoms. The Labute approximate surface area is 106 Å². The molecule has 1 fully saturated rings. The molecule has 1 N–H and O–H groups in total. The van der Waals surface area contributed by atoms with Crippen LogP contribution in [-0.2, 0) is 11.2 Å². The van der Waals surface area contributed by atoms with Gasteiger partial charge in [-0.25, -0.2) is 4.39 Å². The van der Waals surface area contributed by atoms with E-state index in [1.54, 1.807) is 18.2 Å². The van der Waals surface area contributed by atoms with Gasteiger partial charge in [-0.15, -0.1) is 0 Å². The van der Waals surface area contributed by atoms with Crippen molar-refractivity contribution in [3.05, 3.63) is 29.6 Å². The van der Waals surface area contributed by atoms with E-state index in [0.29, 0.717) is 12.1 Å². The molecule has 1 unspecified atom stereocenters. The van der Waals surface area contributed by atoms with E-state index in [1.807, 2.05) is 6.92 Å². The molecule has 1 heterocycles. The molecule has 18 heavy (non-hydrogen) atoms. The minimum atomic E-state index is -0.428. The van der Waals surface area contributed by atoms with E-state index < -0.39 is 5.82 Å².